The predicted molar refractivity (Wildman–Crippen MR) is 116 cm³/mol. The molecular weight excluding hydrogens is 394 g/mol. The Morgan fingerprint density at radius 2 is 1.74 bits per heavy atom. The highest BCUT2D eigenvalue weighted by Gasteiger charge is 2.23. The smallest absolute Gasteiger partial charge is 0.234 e. The molecular formula is C24H21N3O4. The molecule has 0 fully saturated rings. The third-order valence-corrected chi connectivity index (χ3v) is 4.69. The summed E-state index contributed by atoms with van der Waals surface area (Å²) in [6.07, 6.45) is 1.77. The van der Waals surface area contributed by atoms with Gasteiger partial charge in [0.15, 0.2) is 0 Å². The van der Waals surface area contributed by atoms with Gasteiger partial charge in [-0.15, -0.1) is 0 Å². The summed E-state index contributed by atoms with van der Waals surface area (Å²) >= 11 is 0. The third kappa shape index (κ3) is 4.49. The Labute approximate surface area is 179 Å². The van der Waals surface area contributed by atoms with Crippen LogP contribution in [0, 0.1) is 11.3 Å². The minimum atomic E-state index is 0.297. The molecule has 0 aliphatic rings. The molecule has 7 heteroatoms. The Balaban J connectivity index is 1.76. The lowest BCUT2D eigenvalue weighted by Gasteiger charge is -2.09. The molecule has 0 amide bonds. The predicted octanol–water partition coefficient (Wildman–Crippen LogP) is 4.87. The summed E-state index contributed by atoms with van der Waals surface area (Å²) in [5.74, 6) is 1.88. The van der Waals surface area contributed by atoms with Crippen molar-refractivity contribution in [2.45, 2.75) is 6.42 Å². The van der Waals surface area contributed by atoms with Crippen LogP contribution in [0.15, 0.2) is 65.3 Å². The maximum Gasteiger partial charge on any atom is 0.234 e. The van der Waals surface area contributed by atoms with Gasteiger partial charge in [-0.25, -0.2) is 9.97 Å². The first-order chi connectivity index (χ1) is 15.3. The van der Waals surface area contributed by atoms with Gasteiger partial charge in [-0.2, -0.15) is 5.26 Å². The maximum atomic E-state index is 8.59. The molecule has 0 bridgehead atoms. The summed E-state index contributed by atoms with van der Waals surface area (Å²) in [7, 11) is 1.64. The van der Waals surface area contributed by atoms with Crippen molar-refractivity contribution in [3.8, 4) is 40.1 Å². The van der Waals surface area contributed by atoms with E-state index in [1.54, 1.807) is 7.11 Å². The zero-order valence-electron chi connectivity index (χ0n) is 17.1. The number of aromatic nitrogens is 2. The number of nitriles is 1. The Morgan fingerprint density at radius 1 is 0.935 bits per heavy atom. The van der Waals surface area contributed by atoms with Crippen LogP contribution in [0.4, 0.5) is 0 Å². The van der Waals surface area contributed by atoms with E-state index in [0.717, 1.165) is 22.4 Å². The van der Waals surface area contributed by atoms with Gasteiger partial charge in [0.2, 0.25) is 11.6 Å². The Kier molecular flexibility index (Phi) is 6.41. The normalized spacial score (nSPS) is 10.7. The fraction of sp³-hybridized carbons (Fsp3) is 0.208. The molecule has 7 nitrogen and oxygen atoms in total. The molecule has 0 radical (unpaired) electrons. The van der Waals surface area contributed by atoms with Crippen LogP contribution in [-0.2, 0) is 4.74 Å². The minimum Gasteiger partial charge on any atom is -0.497 e. The Morgan fingerprint density at radius 3 is 2.48 bits per heavy atom. The molecule has 0 aliphatic carbocycles. The fourth-order valence-corrected chi connectivity index (χ4v) is 3.26. The molecule has 0 saturated heterocycles. The molecule has 0 atom stereocenters. The Hall–Kier alpha value is -3.89. The minimum absolute atomic E-state index is 0.297. The van der Waals surface area contributed by atoms with Crippen molar-refractivity contribution < 1.29 is 18.6 Å². The molecule has 4 aromatic rings. The second-order valence-electron chi connectivity index (χ2n) is 6.63. The van der Waals surface area contributed by atoms with E-state index in [-0.39, 0.29) is 0 Å². The van der Waals surface area contributed by atoms with Gasteiger partial charge in [0.1, 0.15) is 29.8 Å². The van der Waals surface area contributed by atoms with Crippen molar-refractivity contribution in [1.29, 1.82) is 5.26 Å². The van der Waals surface area contributed by atoms with Gasteiger partial charge in [0.05, 0.1) is 32.8 Å². The highest BCUT2D eigenvalue weighted by atomic mass is 16.5. The van der Waals surface area contributed by atoms with Crippen molar-refractivity contribution in [1.82, 2.24) is 9.97 Å². The summed E-state index contributed by atoms with van der Waals surface area (Å²) in [4.78, 5) is 8.67. The number of ether oxygens (including phenoxy) is 3. The first-order valence-electron chi connectivity index (χ1n) is 9.86. The number of fused-ring (bicyclic) bond motifs is 1. The van der Waals surface area contributed by atoms with Crippen molar-refractivity contribution in [3.05, 3.63) is 60.9 Å². The van der Waals surface area contributed by atoms with E-state index in [1.807, 2.05) is 60.7 Å². The first kappa shape index (κ1) is 20.4. The van der Waals surface area contributed by atoms with Crippen molar-refractivity contribution in [2.24, 2.45) is 0 Å². The monoisotopic (exact) mass is 415 g/mol. The van der Waals surface area contributed by atoms with Crippen LogP contribution < -0.4 is 9.47 Å². The number of methoxy groups -OCH3 is 1. The molecule has 0 N–H and O–H groups in total. The summed E-state index contributed by atoms with van der Waals surface area (Å²) in [6, 6.07) is 19.6. The van der Waals surface area contributed by atoms with Crippen LogP contribution in [-0.4, -0.2) is 36.9 Å². The standard InChI is InChI=1S/C24H21N3O4/c1-28-19-10-8-17(9-11-19)20-21-23(30-15-14-29-13-5-12-25)26-16-27-24(21)31-22(20)18-6-3-2-4-7-18/h2-4,6-11,16H,5,13-15H2,1H3. The molecule has 156 valence electrons. The number of nitrogens with zero attached hydrogens (tertiary/aromatic N) is 3. The van der Waals surface area contributed by atoms with Gasteiger partial charge in [0.25, 0.3) is 0 Å². The summed E-state index contributed by atoms with van der Waals surface area (Å²) in [5.41, 5.74) is 3.16. The molecule has 2 aromatic carbocycles. The van der Waals surface area contributed by atoms with E-state index < -0.39 is 0 Å². The summed E-state index contributed by atoms with van der Waals surface area (Å²) in [5, 5.41) is 9.29. The van der Waals surface area contributed by atoms with Crippen LogP contribution in [0.5, 0.6) is 11.6 Å². The molecule has 31 heavy (non-hydrogen) atoms. The summed E-state index contributed by atoms with van der Waals surface area (Å²) < 4.78 is 22.8. The van der Waals surface area contributed by atoms with Crippen LogP contribution in [0.25, 0.3) is 33.6 Å². The lowest BCUT2D eigenvalue weighted by Crippen LogP contribution is -2.08. The van der Waals surface area contributed by atoms with Gasteiger partial charge in [0, 0.05) is 11.1 Å². The summed E-state index contributed by atoms with van der Waals surface area (Å²) in [6.45, 7) is 1.03. The quantitative estimate of drug-likeness (QED) is 0.360. The van der Waals surface area contributed by atoms with Gasteiger partial charge in [-0.1, -0.05) is 42.5 Å². The average molecular weight is 415 g/mol. The van der Waals surface area contributed by atoms with Crippen LogP contribution in [0.1, 0.15) is 6.42 Å². The molecule has 4 rings (SSSR count). The van der Waals surface area contributed by atoms with Crippen LogP contribution in [0.3, 0.4) is 0 Å². The van der Waals surface area contributed by atoms with Gasteiger partial charge >= 0.3 is 0 Å². The van der Waals surface area contributed by atoms with Crippen molar-refractivity contribution >= 4 is 11.1 Å². The highest BCUT2D eigenvalue weighted by molar-refractivity contribution is 6.03. The van der Waals surface area contributed by atoms with Gasteiger partial charge < -0.3 is 18.6 Å². The lowest BCUT2D eigenvalue weighted by molar-refractivity contribution is 0.103. The van der Waals surface area contributed by atoms with Crippen molar-refractivity contribution in [2.75, 3.05) is 26.9 Å². The Bertz CT molecular complexity index is 1180. The molecule has 0 aliphatic heterocycles. The van der Waals surface area contributed by atoms with Gasteiger partial charge in [-0.05, 0) is 17.7 Å². The van der Waals surface area contributed by atoms with E-state index in [4.69, 9.17) is 23.9 Å². The van der Waals surface area contributed by atoms with Gasteiger partial charge in [-0.3, -0.25) is 0 Å². The first-order valence-corrected chi connectivity index (χ1v) is 9.86. The fourth-order valence-electron chi connectivity index (χ4n) is 3.26. The van der Waals surface area contributed by atoms with Crippen molar-refractivity contribution in [3.63, 3.8) is 0 Å². The average Bonchev–Trinajstić information content (AvgIpc) is 3.22. The molecule has 2 aromatic heterocycles. The highest BCUT2D eigenvalue weighted by Crippen LogP contribution is 2.43. The van der Waals surface area contributed by atoms with E-state index in [9.17, 15) is 0 Å². The topological polar surface area (TPSA) is 90.4 Å². The second-order valence-corrected chi connectivity index (χ2v) is 6.63. The lowest BCUT2D eigenvalue weighted by atomic mass is 9.99. The maximum absolute atomic E-state index is 8.59. The molecule has 0 spiro atoms. The van der Waals surface area contributed by atoms with Crippen LogP contribution >= 0.6 is 0 Å². The number of rotatable bonds is 9. The molecule has 2 heterocycles. The number of hydrogen-bond acceptors (Lipinski definition) is 7. The zero-order valence-corrected chi connectivity index (χ0v) is 17.1. The largest absolute Gasteiger partial charge is 0.497 e. The van der Waals surface area contributed by atoms with E-state index in [2.05, 4.69) is 9.97 Å². The SMILES string of the molecule is COc1ccc(-c2c(-c3ccccc3)oc3ncnc(OCCOCCC#N)c23)cc1. The van der Waals surface area contributed by atoms with E-state index >= 15 is 0 Å². The molecule has 0 unspecified atom stereocenters. The second kappa shape index (κ2) is 9.74. The van der Waals surface area contributed by atoms with E-state index in [1.165, 1.54) is 6.33 Å². The number of hydrogen-bond donors (Lipinski definition) is 0. The van der Waals surface area contributed by atoms with Crippen LogP contribution in [0.2, 0.25) is 0 Å². The zero-order chi connectivity index (χ0) is 21.5. The third-order valence-electron chi connectivity index (χ3n) is 4.69. The number of furan rings is 1. The number of benzene rings is 2. The molecule has 0 saturated carbocycles. The van der Waals surface area contributed by atoms with E-state index in [0.29, 0.717) is 49.0 Å².